The van der Waals surface area contributed by atoms with Crippen LogP contribution in [-0.2, 0) is 13.0 Å². The van der Waals surface area contributed by atoms with Crippen LogP contribution in [0.4, 0.5) is 5.69 Å². The number of halogens is 1. The highest BCUT2D eigenvalue weighted by atomic mass is 35.5. The molecule has 0 unspecified atom stereocenters. The van der Waals surface area contributed by atoms with Gasteiger partial charge in [0.2, 0.25) is 0 Å². The van der Waals surface area contributed by atoms with E-state index in [0.717, 1.165) is 17.7 Å². The minimum Gasteiger partial charge on any atom is -0.489 e. The second-order valence-electron chi connectivity index (χ2n) is 4.09. The first-order valence-electron chi connectivity index (χ1n) is 5.95. The lowest BCUT2D eigenvalue weighted by Gasteiger charge is -2.10. The zero-order chi connectivity index (χ0) is 13.0. The highest BCUT2D eigenvalue weighted by Crippen LogP contribution is 2.24. The van der Waals surface area contributed by atoms with Gasteiger partial charge in [-0.3, -0.25) is 0 Å². The molecule has 0 amide bonds. The molecule has 0 aromatic heterocycles. The normalized spacial score (nSPS) is 10.3. The third kappa shape index (κ3) is 2.96. The van der Waals surface area contributed by atoms with Crippen LogP contribution in [0.3, 0.4) is 0 Å². The van der Waals surface area contributed by atoms with Crippen LogP contribution >= 0.6 is 11.6 Å². The van der Waals surface area contributed by atoms with Crippen LogP contribution in [0.15, 0.2) is 42.5 Å². The van der Waals surface area contributed by atoms with Gasteiger partial charge in [-0.2, -0.15) is 0 Å². The zero-order valence-electron chi connectivity index (χ0n) is 10.3. The van der Waals surface area contributed by atoms with Crippen molar-refractivity contribution in [2.45, 2.75) is 20.0 Å². The Morgan fingerprint density at radius 3 is 2.44 bits per heavy atom. The number of aryl methyl sites for hydroxylation is 1. The molecule has 0 radical (unpaired) electrons. The van der Waals surface area contributed by atoms with E-state index in [1.807, 2.05) is 30.3 Å². The van der Waals surface area contributed by atoms with E-state index in [2.05, 4.69) is 19.1 Å². The molecule has 0 bridgehead atoms. The lowest BCUT2D eigenvalue weighted by atomic mass is 10.1. The molecule has 0 aliphatic carbocycles. The maximum Gasteiger partial charge on any atom is 0.119 e. The minimum absolute atomic E-state index is 0.386. The lowest BCUT2D eigenvalue weighted by molar-refractivity contribution is 0.307. The Labute approximate surface area is 112 Å². The molecule has 0 saturated heterocycles. The number of benzene rings is 2. The summed E-state index contributed by atoms with van der Waals surface area (Å²) >= 11 is 6.08. The fraction of sp³-hybridized carbons (Fsp3) is 0.200. The third-order valence-corrected chi connectivity index (χ3v) is 3.22. The molecule has 3 heteroatoms. The van der Waals surface area contributed by atoms with E-state index in [4.69, 9.17) is 22.1 Å². The van der Waals surface area contributed by atoms with E-state index >= 15 is 0 Å². The van der Waals surface area contributed by atoms with Gasteiger partial charge in [-0.15, -0.1) is 0 Å². The van der Waals surface area contributed by atoms with Crippen molar-refractivity contribution in [3.8, 4) is 5.75 Å². The summed E-state index contributed by atoms with van der Waals surface area (Å²) in [6.07, 6.45) is 1.03. The predicted octanol–water partition coefficient (Wildman–Crippen LogP) is 4.06. The van der Waals surface area contributed by atoms with Gasteiger partial charge in [0.25, 0.3) is 0 Å². The number of rotatable bonds is 4. The van der Waals surface area contributed by atoms with Gasteiger partial charge in [-0.1, -0.05) is 36.7 Å². The Kier molecular flexibility index (Phi) is 4.11. The molecule has 0 saturated carbocycles. The molecule has 0 aliphatic rings. The van der Waals surface area contributed by atoms with Crippen molar-refractivity contribution in [2.75, 3.05) is 5.73 Å². The molecular weight excluding hydrogens is 246 g/mol. The summed E-state index contributed by atoms with van der Waals surface area (Å²) < 4.78 is 5.69. The molecule has 2 nitrogen and oxygen atoms in total. The highest BCUT2D eigenvalue weighted by molar-refractivity contribution is 6.31. The average Bonchev–Trinajstić information content (AvgIpc) is 2.39. The number of nitrogens with two attached hydrogens (primary N) is 1. The van der Waals surface area contributed by atoms with E-state index < -0.39 is 0 Å². The zero-order valence-corrected chi connectivity index (χ0v) is 11.1. The molecule has 0 aliphatic heterocycles. The molecule has 0 heterocycles. The Balaban J connectivity index is 2.06. The van der Waals surface area contributed by atoms with Crippen molar-refractivity contribution in [1.82, 2.24) is 0 Å². The summed E-state index contributed by atoms with van der Waals surface area (Å²) in [5, 5.41) is 0.639. The van der Waals surface area contributed by atoms with E-state index in [9.17, 15) is 0 Å². The summed E-state index contributed by atoms with van der Waals surface area (Å²) in [7, 11) is 0. The third-order valence-electron chi connectivity index (χ3n) is 2.87. The summed E-state index contributed by atoms with van der Waals surface area (Å²) in [5.41, 5.74) is 8.65. The number of hydrogen-bond donors (Lipinski definition) is 1. The molecule has 94 valence electrons. The molecular formula is C15H16ClNO. The summed E-state index contributed by atoms with van der Waals surface area (Å²) in [5.74, 6) is 0.825. The van der Waals surface area contributed by atoms with Crippen molar-refractivity contribution >= 4 is 17.3 Å². The molecule has 0 atom stereocenters. The van der Waals surface area contributed by atoms with Crippen molar-refractivity contribution < 1.29 is 4.74 Å². The van der Waals surface area contributed by atoms with Gasteiger partial charge >= 0.3 is 0 Å². The average molecular weight is 262 g/mol. The van der Waals surface area contributed by atoms with Gasteiger partial charge in [0, 0.05) is 16.3 Å². The maximum atomic E-state index is 6.08. The van der Waals surface area contributed by atoms with Gasteiger partial charge < -0.3 is 10.5 Å². The van der Waals surface area contributed by atoms with Crippen molar-refractivity contribution in [1.29, 1.82) is 0 Å². The number of ether oxygens (including phenoxy) is 1. The molecule has 2 rings (SSSR count). The van der Waals surface area contributed by atoms with Crippen LogP contribution in [0, 0.1) is 0 Å². The van der Waals surface area contributed by atoms with Gasteiger partial charge in [0.15, 0.2) is 0 Å². The van der Waals surface area contributed by atoms with Crippen LogP contribution in [0.1, 0.15) is 18.1 Å². The second kappa shape index (κ2) is 5.78. The van der Waals surface area contributed by atoms with Gasteiger partial charge in [-0.25, -0.2) is 0 Å². The Hall–Kier alpha value is -1.67. The van der Waals surface area contributed by atoms with E-state index in [0.29, 0.717) is 17.3 Å². The van der Waals surface area contributed by atoms with E-state index in [1.165, 1.54) is 5.56 Å². The summed E-state index contributed by atoms with van der Waals surface area (Å²) in [6, 6.07) is 13.5. The fourth-order valence-electron chi connectivity index (χ4n) is 1.70. The van der Waals surface area contributed by atoms with Crippen molar-refractivity contribution in [2.24, 2.45) is 0 Å². The molecule has 18 heavy (non-hydrogen) atoms. The van der Waals surface area contributed by atoms with Gasteiger partial charge in [-0.05, 0) is 36.2 Å². The molecule has 2 aromatic rings. The van der Waals surface area contributed by atoms with Crippen molar-refractivity contribution in [3.05, 3.63) is 58.6 Å². The van der Waals surface area contributed by atoms with Crippen LogP contribution in [-0.4, -0.2) is 0 Å². The van der Waals surface area contributed by atoms with Crippen LogP contribution in [0.25, 0.3) is 0 Å². The SMILES string of the molecule is CCc1ccc(OCc2c(N)cccc2Cl)cc1. The quantitative estimate of drug-likeness (QED) is 0.843. The Bertz CT molecular complexity index is 502. The lowest BCUT2D eigenvalue weighted by Crippen LogP contribution is -2.01. The Morgan fingerprint density at radius 2 is 1.83 bits per heavy atom. The first-order chi connectivity index (χ1) is 8.70. The predicted molar refractivity (Wildman–Crippen MR) is 76.0 cm³/mol. The monoisotopic (exact) mass is 261 g/mol. The van der Waals surface area contributed by atoms with Gasteiger partial charge in [0.05, 0.1) is 0 Å². The smallest absolute Gasteiger partial charge is 0.119 e. The molecule has 2 aromatic carbocycles. The van der Waals surface area contributed by atoms with Gasteiger partial charge in [0.1, 0.15) is 12.4 Å². The molecule has 0 spiro atoms. The van der Waals surface area contributed by atoms with E-state index in [-0.39, 0.29) is 0 Å². The van der Waals surface area contributed by atoms with Crippen LogP contribution in [0.5, 0.6) is 5.75 Å². The first kappa shape index (κ1) is 12.8. The standard InChI is InChI=1S/C15H16ClNO/c1-2-11-6-8-12(9-7-11)18-10-13-14(16)4-3-5-15(13)17/h3-9H,2,10,17H2,1H3. The summed E-state index contributed by atoms with van der Waals surface area (Å²) in [4.78, 5) is 0. The fourth-order valence-corrected chi connectivity index (χ4v) is 1.94. The molecule has 0 fully saturated rings. The first-order valence-corrected chi connectivity index (χ1v) is 6.33. The van der Waals surface area contributed by atoms with Crippen LogP contribution < -0.4 is 10.5 Å². The van der Waals surface area contributed by atoms with E-state index in [1.54, 1.807) is 0 Å². The molecule has 2 N–H and O–H groups in total. The topological polar surface area (TPSA) is 35.2 Å². The van der Waals surface area contributed by atoms with Crippen LogP contribution in [0.2, 0.25) is 5.02 Å². The largest absolute Gasteiger partial charge is 0.489 e. The Morgan fingerprint density at radius 1 is 1.11 bits per heavy atom. The highest BCUT2D eigenvalue weighted by Gasteiger charge is 2.05. The number of nitrogen functional groups attached to an aromatic ring is 1. The number of hydrogen-bond acceptors (Lipinski definition) is 2. The van der Waals surface area contributed by atoms with Crippen molar-refractivity contribution in [3.63, 3.8) is 0 Å². The number of anilines is 1. The maximum absolute atomic E-state index is 6.08. The minimum atomic E-state index is 0.386. The summed E-state index contributed by atoms with van der Waals surface area (Å²) in [6.45, 7) is 2.51. The second-order valence-corrected chi connectivity index (χ2v) is 4.50.